The first kappa shape index (κ1) is 25.0. The largest absolute Gasteiger partial charge is 0.460 e. The van der Waals surface area contributed by atoms with E-state index in [0.717, 1.165) is 50.1 Å². The summed E-state index contributed by atoms with van der Waals surface area (Å²) in [5, 5.41) is 0. The van der Waals surface area contributed by atoms with Crippen LogP contribution in [0.1, 0.15) is 22.8 Å². The van der Waals surface area contributed by atoms with Crippen LogP contribution in [0.15, 0.2) is 90.4 Å². The van der Waals surface area contributed by atoms with Crippen molar-refractivity contribution in [2.24, 2.45) is 19.1 Å². The second kappa shape index (κ2) is 9.66. The van der Waals surface area contributed by atoms with E-state index in [0.29, 0.717) is 41.0 Å². The summed E-state index contributed by atoms with van der Waals surface area (Å²) in [5.74, 6) is 2.57. The highest BCUT2D eigenvalue weighted by Crippen LogP contribution is 2.30. The van der Waals surface area contributed by atoms with Crippen LogP contribution in [0.5, 0.6) is 5.75 Å². The molecule has 10 heteroatoms. The van der Waals surface area contributed by atoms with Gasteiger partial charge < -0.3 is 13.9 Å². The molecule has 0 saturated heterocycles. The number of hydrogen-bond donors (Lipinski definition) is 0. The quantitative estimate of drug-likeness (QED) is 0.275. The zero-order chi connectivity index (χ0) is 29.1. The summed E-state index contributed by atoms with van der Waals surface area (Å²) >= 11 is 0. The number of ether oxygens (including phenoxy) is 1. The third-order valence-corrected chi connectivity index (χ3v) is 7.80. The normalized spacial score (nSPS) is 13.1. The molecular formula is C33H25N9O. The summed E-state index contributed by atoms with van der Waals surface area (Å²) in [5.41, 5.74) is 9.02. The number of benzene rings is 2. The predicted octanol–water partition coefficient (Wildman–Crippen LogP) is 5.59. The minimum absolute atomic E-state index is 0.437. The number of aliphatic imine (C=N–C) groups is 1. The number of fused-ring (bicyclic) bond motifs is 4. The summed E-state index contributed by atoms with van der Waals surface area (Å²) in [6, 6.07) is 21.7. The number of nitrogens with zero attached hydrogens (tertiary/aromatic N) is 9. The number of imidazole rings is 2. The Labute approximate surface area is 246 Å². The third kappa shape index (κ3) is 4.06. The predicted molar refractivity (Wildman–Crippen MR) is 166 cm³/mol. The van der Waals surface area contributed by atoms with Crippen molar-refractivity contribution in [3.63, 3.8) is 0 Å². The summed E-state index contributed by atoms with van der Waals surface area (Å²) in [6.45, 7) is 1.95. The van der Waals surface area contributed by atoms with E-state index in [9.17, 15) is 0 Å². The van der Waals surface area contributed by atoms with E-state index in [1.165, 1.54) is 0 Å². The van der Waals surface area contributed by atoms with Crippen molar-refractivity contribution in [2.45, 2.75) is 13.3 Å². The van der Waals surface area contributed by atoms with Gasteiger partial charge in [0.2, 0.25) is 0 Å². The molecule has 2 aromatic carbocycles. The molecule has 0 N–H and O–H groups in total. The molecule has 0 aliphatic carbocycles. The van der Waals surface area contributed by atoms with Crippen molar-refractivity contribution in [1.82, 2.24) is 39.0 Å². The Morgan fingerprint density at radius 2 is 1.42 bits per heavy atom. The molecule has 0 atom stereocenters. The summed E-state index contributed by atoms with van der Waals surface area (Å²) in [6.07, 6.45) is 5.62. The zero-order valence-electron chi connectivity index (χ0n) is 23.7. The van der Waals surface area contributed by atoms with E-state index >= 15 is 0 Å². The average molecular weight is 564 g/mol. The minimum atomic E-state index is 0.437. The van der Waals surface area contributed by atoms with Gasteiger partial charge >= 0.3 is 0 Å². The molecule has 0 unspecified atom stereocenters. The Morgan fingerprint density at radius 1 is 0.698 bits per heavy atom. The highest BCUT2D eigenvalue weighted by atomic mass is 16.5. The maximum absolute atomic E-state index is 6.12. The lowest BCUT2D eigenvalue weighted by Crippen LogP contribution is -2.10. The van der Waals surface area contributed by atoms with Crippen LogP contribution in [0, 0.1) is 6.92 Å². The van der Waals surface area contributed by atoms with E-state index in [2.05, 4.69) is 9.97 Å². The summed E-state index contributed by atoms with van der Waals surface area (Å²) in [4.78, 5) is 34.0. The Balaban J connectivity index is 1.28. The standard InChI is InChI=1S/C33H25N9O/c1-19-28-29(40-31(36-19)33-39-22-10-5-7-12-26(22)42(33)3)20(14-16-35-28)17-23-30-27(13-8-15-34-30)43-18-24(37-23)32-38-21-9-4-6-11-25(21)41(32)2/h4-16,18H,17H2,1-3H3. The van der Waals surface area contributed by atoms with Gasteiger partial charge in [0.15, 0.2) is 23.2 Å². The molecule has 0 spiro atoms. The van der Waals surface area contributed by atoms with Crippen LogP contribution >= 0.6 is 0 Å². The van der Waals surface area contributed by atoms with Gasteiger partial charge in [-0.25, -0.2) is 24.9 Å². The van der Waals surface area contributed by atoms with E-state index in [1.54, 1.807) is 18.7 Å². The molecule has 6 heterocycles. The first-order chi connectivity index (χ1) is 21.0. The topological polar surface area (TPSA) is 109 Å². The fourth-order valence-electron chi connectivity index (χ4n) is 5.64. The molecule has 10 nitrogen and oxygen atoms in total. The van der Waals surface area contributed by atoms with Crippen molar-refractivity contribution in [3.8, 4) is 17.4 Å². The van der Waals surface area contributed by atoms with Crippen LogP contribution in [0.4, 0.5) is 0 Å². The van der Waals surface area contributed by atoms with Gasteiger partial charge in [0, 0.05) is 32.9 Å². The number of para-hydroxylation sites is 4. The van der Waals surface area contributed by atoms with Gasteiger partial charge in [-0.05, 0) is 55.0 Å². The fourth-order valence-corrected chi connectivity index (χ4v) is 5.64. The molecule has 0 saturated carbocycles. The van der Waals surface area contributed by atoms with Gasteiger partial charge in [0.25, 0.3) is 0 Å². The van der Waals surface area contributed by atoms with Gasteiger partial charge in [-0.2, -0.15) is 0 Å². The fraction of sp³-hybridized carbons (Fsp3) is 0.121. The van der Waals surface area contributed by atoms with Crippen molar-refractivity contribution in [2.75, 3.05) is 0 Å². The van der Waals surface area contributed by atoms with Gasteiger partial charge in [-0.1, -0.05) is 24.3 Å². The monoisotopic (exact) mass is 563 g/mol. The zero-order valence-corrected chi connectivity index (χ0v) is 23.7. The molecule has 7 aromatic rings. The maximum atomic E-state index is 6.12. The SMILES string of the molecule is Cc1nc(-c2nc3ccccc3n2C)nc2c(CC3=NC(c4nc5ccccc5n4C)=COc4cccnc43)ccnc12. The second-order valence-electron chi connectivity index (χ2n) is 10.5. The lowest BCUT2D eigenvalue weighted by Gasteiger charge is -2.11. The number of hydrogen-bond acceptors (Lipinski definition) is 8. The highest BCUT2D eigenvalue weighted by Gasteiger charge is 2.23. The Bertz CT molecular complexity index is 2290. The Kier molecular flexibility index (Phi) is 5.61. The van der Waals surface area contributed by atoms with E-state index in [1.807, 2.05) is 96.9 Å². The van der Waals surface area contributed by atoms with Crippen molar-refractivity contribution >= 4 is 44.5 Å². The lowest BCUT2D eigenvalue weighted by atomic mass is 10.0. The van der Waals surface area contributed by atoms with Crippen LogP contribution in [-0.4, -0.2) is 44.7 Å². The van der Waals surface area contributed by atoms with Crippen molar-refractivity contribution in [1.29, 1.82) is 0 Å². The molecule has 8 rings (SSSR count). The van der Waals surface area contributed by atoms with Crippen LogP contribution in [0.2, 0.25) is 0 Å². The molecule has 0 radical (unpaired) electrons. The molecular weight excluding hydrogens is 538 g/mol. The molecule has 43 heavy (non-hydrogen) atoms. The molecule has 0 fully saturated rings. The number of rotatable bonds is 4. The number of aromatic nitrogens is 8. The highest BCUT2D eigenvalue weighted by molar-refractivity contribution is 6.06. The van der Waals surface area contributed by atoms with Crippen LogP contribution in [-0.2, 0) is 20.5 Å². The maximum Gasteiger partial charge on any atom is 0.196 e. The lowest BCUT2D eigenvalue weighted by molar-refractivity contribution is 0.480. The molecule has 1 aliphatic heterocycles. The second-order valence-corrected chi connectivity index (χ2v) is 10.5. The first-order valence-electron chi connectivity index (χ1n) is 13.9. The van der Waals surface area contributed by atoms with E-state index in [-0.39, 0.29) is 0 Å². The van der Waals surface area contributed by atoms with E-state index < -0.39 is 0 Å². The summed E-state index contributed by atoms with van der Waals surface area (Å²) < 4.78 is 10.2. The smallest absolute Gasteiger partial charge is 0.196 e. The Morgan fingerprint density at radius 3 is 2.19 bits per heavy atom. The molecule has 5 aromatic heterocycles. The van der Waals surface area contributed by atoms with Crippen LogP contribution in [0.3, 0.4) is 0 Å². The van der Waals surface area contributed by atoms with Crippen molar-refractivity contribution in [3.05, 3.63) is 108 Å². The number of pyridine rings is 2. The van der Waals surface area contributed by atoms with E-state index in [4.69, 9.17) is 29.7 Å². The van der Waals surface area contributed by atoms with Gasteiger partial charge in [-0.3, -0.25) is 9.97 Å². The minimum Gasteiger partial charge on any atom is -0.460 e. The summed E-state index contributed by atoms with van der Waals surface area (Å²) in [7, 11) is 3.96. The Hall–Kier alpha value is -5.77. The molecule has 0 amide bonds. The van der Waals surface area contributed by atoms with Gasteiger partial charge in [-0.15, -0.1) is 0 Å². The molecule has 0 bridgehead atoms. The molecule has 208 valence electrons. The first-order valence-corrected chi connectivity index (χ1v) is 13.9. The molecule has 1 aliphatic rings. The average Bonchev–Trinajstić information content (AvgIpc) is 3.48. The van der Waals surface area contributed by atoms with Crippen LogP contribution < -0.4 is 4.74 Å². The van der Waals surface area contributed by atoms with Crippen LogP contribution in [0.25, 0.3) is 50.4 Å². The number of aryl methyl sites for hydroxylation is 3. The van der Waals surface area contributed by atoms with Gasteiger partial charge in [0.05, 0.1) is 39.0 Å². The third-order valence-electron chi connectivity index (χ3n) is 7.80. The van der Waals surface area contributed by atoms with Gasteiger partial charge in [0.1, 0.15) is 23.2 Å². The van der Waals surface area contributed by atoms with Crippen molar-refractivity contribution < 1.29 is 4.74 Å².